The summed E-state index contributed by atoms with van der Waals surface area (Å²) in [6.45, 7) is 0.416. The second kappa shape index (κ2) is 7.08. The summed E-state index contributed by atoms with van der Waals surface area (Å²) in [5.74, 6) is 6.44. The molecule has 21 heavy (non-hydrogen) atoms. The van der Waals surface area contributed by atoms with Crippen molar-refractivity contribution in [2.75, 3.05) is 19.4 Å². The fourth-order valence-corrected chi connectivity index (χ4v) is 3.56. The van der Waals surface area contributed by atoms with Gasteiger partial charge in [0.2, 0.25) is 10.0 Å². The zero-order chi connectivity index (χ0) is 15.3. The Bertz CT molecular complexity index is 639. The van der Waals surface area contributed by atoms with Gasteiger partial charge in [-0.15, -0.1) is 0 Å². The van der Waals surface area contributed by atoms with E-state index in [9.17, 15) is 8.42 Å². The van der Waals surface area contributed by atoms with E-state index < -0.39 is 10.0 Å². The highest BCUT2D eigenvalue weighted by Crippen LogP contribution is 2.31. The highest BCUT2D eigenvalue weighted by Gasteiger charge is 2.30. The Kier molecular flexibility index (Phi) is 5.40. The van der Waals surface area contributed by atoms with Gasteiger partial charge in [0.15, 0.2) is 0 Å². The van der Waals surface area contributed by atoms with Crippen LogP contribution in [0.1, 0.15) is 30.4 Å². The third-order valence-corrected chi connectivity index (χ3v) is 5.39. The Morgan fingerprint density at radius 1 is 1.38 bits per heavy atom. The van der Waals surface area contributed by atoms with Crippen molar-refractivity contribution >= 4 is 10.0 Å². The molecule has 0 amide bonds. The van der Waals surface area contributed by atoms with E-state index in [2.05, 4.69) is 11.8 Å². The number of hydrogen-bond acceptors (Lipinski definition) is 3. The molecule has 0 aromatic heterocycles. The summed E-state index contributed by atoms with van der Waals surface area (Å²) in [4.78, 5) is 0. The van der Waals surface area contributed by atoms with Gasteiger partial charge in [0.1, 0.15) is 0 Å². The van der Waals surface area contributed by atoms with E-state index in [0.717, 1.165) is 24.0 Å². The van der Waals surface area contributed by atoms with Crippen molar-refractivity contribution < 1.29 is 13.5 Å². The molecule has 0 aliphatic heterocycles. The van der Waals surface area contributed by atoms with E-state index in [-0.39, 0.29) is 12.4 Å². The smallest absolute Gasteiger partial charge is 0.214 e. The lowest BCUT2D eigenvalue weighted by Crippen LogP contribution is -2.29. The maximum absolute atomic E-state index is 12.2. The third kappa shape index (κ3) is 5.16. The van der Waals surface area contributed by atoms with Gasteiger partial charge in [-0.1, -0.05) is 24.0 Å². The van der Waals surface area contributed by atoms with Gasteiger partial charge in [-0.3, -0.25) is 0 Å². The Morgan fingerprint density at radius 3 is 2.81 bits per heavy atom. The molecule has 4 nitrogen and oxygen atoms in total. The van der Waals surface area contributed by atoms with Crippen molar-refractivity contribution in [3.8, 4) is 11.8 Å². The largest absolute Gasteiger partial charge is 0.395 e. The minimum Gasteiger partial charge on any atom is -0.395 e. The molecule has 0 atom stereocenters. The van der Waals surface area contributed by atoms with Crippen LogP contribution in [0.5, 0.6) is 0 Å². The zero-order valence-corrected chi connectivity index (χ0v) is 13.1. The Labute approximate surface area is 126 Å². The lowest BCUT2D eigenvalue weighted by atomic mass is 10.1. The van der Waals surface area contributed by atoms with Gasteiger partial charge in [0.25, 0.3) is 0 Å². The molecule has 5 heteroatoms. The maximum Gasteiger partial charge on any atom is 0.214 e. The van der Waals surface area contributed by atoms with E-state index in [1.54, 1.807) is 7.05 Å². The van der Waals surface area contributed by atoms with Crippen LogP contribution in [0.2, 0.25) is 0 Å². The van der Waals surface area contributed by atoms with Crippen LogP contribution in [-0.2, 0) is 16.6 Å². The van der Waals surface area contributed by atoms with Crippen molar-refractivity contribution in [3.05, 3.63) is 35.4 Å². The molecule has 0 bridgehead atoms. The molecule has 1 aromatic rings. The van der Waals surface area contributed by atoms with E-state index in [1.165, 1.54) is 4.31 Å². The number of aliphatic hydroxyl groups excluding tert-OH is 1. The molecule has 1 N–H and O–H groups in total. The summed E-state index contributed by atoms with van der Waals surface area (Å²) in [5, 5.41) is 8.71. The van der Waals surface area contributed by atoms with E-state index in [0.29, 0.717) is 18.9 Å². The first-order valence-corrected chi connectivity index (χ1v) is 8.75. The summed E-state index contributed by atoms with van der Waals surface area (Å²) < 4.78 is 25.7. The standard InChI is InChI=1S/C16H21NO3S/c1-17(21(19,20)13-15-8-9-15)12-16-7-4-6-14(11-16)5-2-3-10-18/h4,6-7,11,15,18H,3,8-10,12-13H2,1H3. The fourth-order valence-electron chi connectivity index (χ4n) is 2.03. The highest BCUT2D eigenvalue weighted by molar-refractivity contribution is 7.89. The van der Waals surface area contributed by atoms with Crippen molar-refractivity contribution in [3.63, 3.8) is 0 Å². The summed E-state index contributed by atoms with van der Waals surface area (Å²) >= 11 is 0. The Hall–Kier alpha value is -1.35. The van der Waals surface area contributed by atoms with Crippen molar-refractivity contribution in [1.82, 2.24) is 4.31 Å². The lowest BCUT2D eigenvalue weighted by Gasteiger charge is -2.17. The number of nitrogens with zero attached hydrogens (tertiary/aromatic N) is 1. The van der Waals surface area contributed by atoms with E-state index >= 15 is 0 Å². The molecule has 1 fully saturated rings. The van der Waals surface area contributed by atoms with Crippen LogP contribution in [0.4, 0.5) is 0 Å². The number of sulfonamides is 1. The van der Waals surface area contributed by atoms with E-state index in [1.807, 2.05) is 24.3 Å². The fraction of sp³-hybridized carbons (Fsp3) is 0.500. The average molecular weight is 307 g/mol. The van der Waals surface area contributed by atoms with Gasteiger partial charge in [-0.25, -0.2) is 12.7 Å². The zero-order valence-electron chi connectivity index (χ0n) is 12.2. The van der Waals surface area contributed by atoms with Gasteiger partial charge < -0.3 is 5.11 Å². The van der Waals surface area contributed by atoms with Crippen LogP contribution in [-0.4, -0.2) is 37.2 Å². The summed E-state index contributed by atoms with van der Waals surface area (Å²) in [6, 6.07) is 7.56. The molecule has 0 heterocycles. The van der Waals surface area contributed by atoms with Crippen LogP contribution >= 0.6 is 0 Å². The van der Waals surface area contributed by atoms with E-state index in [4.69, 9.17) is 5.11 Å². The molecule has 0 saturated heterocycles. The molecular formula is C16H21NO3S. The predicted octanol–water partition coefficient (Wildman–Crippen LogP) is 1.59. The number of benzene rings is 1. The average Bonchev–Trinajstić information content (AvgIpc) is 3.23. The van der Waals surface area contributed by atoms with Gasteiger partial charge in [-0.2, -0.15) is 0 Å². The Balaban J connectivity index is 2.02. The van der Waals surface area contributed by atoms with Crippen LogP contribution < -0.4 is 0 Å². The molecule has 0 radical (unpaired) electrons. The predicted molar refractivity (Wildman–Crippen MR) is 83.0 cm³/mol. The summed E-state index contributed by atoms with van der Waals surface area (Å²) in [7, 11) is -1.54. The van der Waals surface area contributed by atoms with Crippen molar-refractivity contribution in [2.24, 2.45) is 5.92 Å². The molecule has 0 unspecified atom stereocenters. The number of hydrogen-bond donors (Lipinski definition) is 1. The third-order valence-electron chi connectivity index (χ3n) is 3.42. The number of aliphatic hydroxyl groups is 1. The van der Waals surface area contributed by atoms with Crippen molar-refractivity contribution in [1.29, 1.82) is 0 Å². The monoisotopic (exact) mass is 307 g/mol. The molecule has 1 aromatic carbocycles. The first kappa shape index (κ1) is 16.0. The minimum atomic E-state index is -3.16. The van der Waals surface area contributed by atoms with Crippen LogP contribution in [0.15, 0.2) is 24.3 Å². The molecule has 1 aliphatic carbocycles. The summed E-state index contributed by atoms with van der Waals surface area (Å²) in [6.07, 6.45) is 2.51. The van der Waals surface area contributed by atoms with Gasteiger partial charge in [-0.05, 0) is 36.5 Å². The second-order valence-corrected chi connectivity index (χ2v) is 7.57. The van der Waals surface area contributed by atoms with Gasteiger partial charge >= 0.3 is 0 Å². The molecule has 1 saturated carbocycles. The normalized spacial score (nSPS) is 14.8. The van der Waals surface area contributed by atoms with Crippen LogP contribution in [0.25, 0.3) is 0 Å². The Morgan fingerprint density at radius 2 is 2.14 bits per heavy atom. The number of rotatable bonds is 6. The first-order chi connectivity index (χ1) is 10.0. The molecule has 2 rings (SSSR count). The highest BCUT2D eigenvalue weighted by atomic mass is 32.2. The van der Waals surface area contributed by atoms with Crippen LogP contribution in [0, 0.1) is 17.8 Å². The van der Waals surface area contributed by atoms with Gasteiger partial charge in [0, 0.05) is 25.6 Å². The second-order valence-electron chi connectivity index (χ2n) is 5.45. The molecule has 1 aliphatic rings. The molecule has 0 spiro atoms. The van der Waals surface area contributed by atoms with Crippen LogP contribution in [0.3, 0.4) is 0 Å². The maximum atomic E-state index is 12.2. The van der Waals surface area contributed by atoms with Gasteiger partial charge in [0.05, 0.1) is 12.4 Å². The first-order valence-electron chi connectivity index (χ1n) is 7.14. The topological polar surface area (TPSA) is 57.6 Å². The summed E-state index contributed by atoms with van der Waals surface area (Å²) in [5.41, 5.74) is 1.77. The lowest BCUT2D eigenvalue weighted by molar-refractivity contribution is 0.305. The molecule has 114 valence electrons. The van der Waals surface area contributed by atoms with Crippen molar-refractivity contribution in [2.45, 2.75) is 25.8 Å². The quantitative estimate of drug-likeness (QED) is 0.812. The molecular weight excluding hydrogens is 286 g/mol. The minimum absolute atomic E-state index is 0.0504. The SMILES string of the molecule is CN(Cc1cccc(C#CCCO)c1)S(=O)(=O)CC1CC1.